The van der Waals surface area contributed by atoms with Gasteiger partial charge in [-0.05, 0) is 17.7 Å². The van der Waals surface area contributed by atoms with E-state index in [9.17, 15) is 9.59 Å². The molecule has 0 aliphatic carbocycles. The van der Waals surface area contributed by atoms with E-state index >= 15 is 0 Å². The molecule has 1 aromatic heterocycles. The molecule has 0 saturated heterocycles. The number of aromatic amines is 1. The van der Waals surface area contributed by atoms with Crippen LogP contribution < -0.4 is 11.1 Å². The Morgan fingerprint density at radius 2 is 1.75 bits per heavy atom. The Labute approximate surface area is 96.1 Å². The first-order valence-electron chi connectivity index (χ1n) is 4.70. The number of benzene rings is 1. The van der Waals surface area contributed by atoms with Gasteiger partial charge in [0, 0.05) is 17.2 Å². The molecular formula is C11H9ClN2O2. The number of hydrogen-bond acceptors (Lipinski definition) is 2. The number of rotatable bonds is 2. The molecule has 0 atom stereocenters. The molecule has 0 aliphatic heterocycles. The summed E-state index contributed by atoms with van der Waals surface area (Å²) in [6.45, 7) is 0.325. The molecule has 2 aromatic rings. The van der Waals surface area contributed by atoms with Crippen LogP contribution in [-0.4, -0.2) is 9.78 Å². The third kappa shape index (κ3) is 2.41. The minimum atomic E-state index is -0.298. The van der Waals surface area contributed by atoms with Gasteiger partial charge in [0.15, 0.2) is 0 Å². The molecule has 1 N–H and O–H groups in total. The van der Waals surface area contributed by atoms with Crippen LogP contribution in [0, 0.1) is 0 Å². The minimum absolute atomic E-state index is 0.241. The van der Waals surface area contributed by atoms with Crippen molar-refractivity contribution in [2.24, 2.45) is 0 Å². The summed E-state index contributed by atoms with van der Waals surface area (Å²) in [5, 5.41) is 3.09. The summed E-state index contributed by atoms with van der Waals surface area (Å²) < 4.78 is 1.26. The maximum Gasteiger partial charge on any atom is 0.265 e. The van der Waals surface area contributed by atoms with Gasteiger partial charge in [0.05, 0.1) is 6.54 Å². The second-order valence-corrected chi connectivity index (χ2v) is 3.80. The highest BCUT2D eigenvalue weighted by molar-refractivity contribution is 6.30. The van der Waals surface area contributed by atoms with Crippen LogP contribution in [0.25, 0.3) is 0 Å². The van der Waals surface area contributed by atoms with Crippen molar-refractivity contribution in [3.63, 3.8) is 0 Å². The zero-order valence-electron chi connectivity index (χ0n) is 8.31. The first-order chi connectivity index (χ1) is 7.65. The van der Waals surface area contributed by atoms with E-state index in [1.54, 1.807) is 24.3 Å². The molecule has 0 amide bonds. The highest BCUT2D eigenvalue weighted by atomic mass is 35.5. The summed E-state index contributed by atoms with van der Waals surface area (Å²) in [6.07, 6.45) is 0. The molecule has 16 heavy (non-hydrogen) atoms. The molecule has 2 rings (SSSR count). The normalized spacial score (nSPS) is 10.3. The Kier molecular flexibility index (Phi) is 2.92. The average Bonchev–Trinajstić information content (AvgIpc) is 2.27. The van der Waals surface area contributed by atoms with Crippen LogP contribution in [0.2, 0.25) is 5.02 Å². The van der Waals surface area contributed by atoms with E-state index in [2.05, 4.69) is 5.10 Å². The largest absolute Gasteiger partial charge is 0.268 e. The first kappa shape index (κ1) is 10.7. The van der Waals surface area contributed by atoms with Crippen LogP contribution >= 0.6 is 11.6 Å². The number of hydrogen-bond donors (Lipinski definition) is 1. The maximum absolute atomic E-state index is 11.4. The van der Waals surface area contributed by atoms with Gasteiger partial charge in [-0.1, -0.05) is 23.7 Å². The van der Waals surface area contributed by atoms with Crippen molar-refractivity contribution in [3.8, 4) is 0 Å². The summed E-state index contributed by atoms with van der Waals surface area (Å²) >= 11 is 5.74. The van der Waals surface area contributed by atoms with Crippen LogP contribution in [0.1, 0.15) is 5.56 Å². The van der Waals surface area contributed by atoms with E-state index in [4.69, 9.17) is 11.6 Å². The lowest BCUT2D eigenvalue weighted by Crippen LogP contribution is -2.28. The predicted octanol–water partition coefficient (Wildman–Crippen LogP) is 1.24. The Balaban J connectivity index is 2.33. The summed E-state index contributed by atoms with van der Waals surface area (Å²) in [5.74, 6) is 0. The number of H-pyrrole nitrogens is 1. The van der Waals surface area contributed by atoms with Crippen molar-refractivity contribution in [1.29, 1.82) is 0 Å². The van der Waals surface area contributed by atoms with Gasteiger partial charge in [-0.25, -0.2) is 4.68 Å². The summed E-state index contributed by atoms with van der Waals surface area (Å²) in [6, 6.07) is 9.54. The van der Waals surface area contributed by atoms with Crippen molar-refractivity contribution in [2.75, 3.05) is 0 Å². The fraction of sp³-hybridized carbons (Fsp3) is 0.0909. The average molecular weight is 237 g/mol. The molecular weight excluding hydrogens is 228 g/mol. The molecule has 5 heteroatoms. The smallest absolute Gasteiger partial charge is 0.265 e. The molecule has 0 bridgehead atoms. The van der Waals surface area contributed by atoms with E-state index in [0.717, 1.165) is 5.56 Å². The zero-order valence-corrected chi connectivity index (χ0v) is 9.07. The standard InChI is InChI=1S/C11H9ClN2O2/c12-9-3-1-8(2-4-9)7-14-11(16)6-5-10(15)13-14/h1-6H,7H2,(H,13,15). The lowest BCUT2D eigenvalue weighted by atomic mass is 10.2. The second kappa shape index (κ2) is 4.37. The molecule has 4 nitrogen and oxygen atoms in total. The van der Waals surface area contributed by atoms with Crippen LogP contribution in [0.3, 0.4) is 0 Å². The Bertz CT molecular complexity index is 598. The summed E-state index contributed by atoms with van der Waals surface area (Å²) in [7, 11) is 0. The van der Waals surface area contributed by atoms with Gasteiger partial charge in [0.2, 0.25) is 0 Å². The number of nitrogens with one attached hydrogen (secondary N) is 1. The van der Waals surface area contributed by atoms with E-state index in [0.29, 0.717) is 11.6 Å². The van der Waals surface area contributed by atoms with E-state index in [-0.39, 0.29) is 11.1 Å². The van der Waals surface area contributed by atoms with E-state index < -0.39 is 0 Å². The number of nitrogens with zero attached hydrogens (tertiary/aromatic N) is 1. The van der Waals surface area contributed by atoms with Crippen LogP contribution in [0.15, 0.2) is 46.0 Å². The van der Waals surface area contributed by atoms with Gasteiger partial charge in [0.1, 0.15) is 0 Å². The maximum atomic E-state index is 11.4. The van der Waals surface area contributed by atoms with Crippen molar-refractivity contribution in [3.05, 3.63) is 67.7 Å². The topological polar surface area (TPSA) is 54.9 Å². The lowest BCUT2D eigenvalue weighted by Gasteiger charge is -2.04. The SMILES string of the molecule is O=c1ccc(=O)n(Cc2ccc(Cl)cc2)[nH]1. The molecule has 0 aliphatic rings. The Morgan fingerprint density at radius 1 is 1.06 bits per heavy atom. The van der Waals surface area contributed by atoms with Gasteiger partial charge < -0.3 is 0 Å². The molecule has 82 valence electrons. The van der Waals surface area contributed by atoms with Gasteiger partial charge in [-0.3, -0.25) is 14.7 Å². The molecule has 0 spiro atoms. The molecule has 0 saturated carbocycles. The van der Waals surface area contributed by atoms with Crippen molar-refractivity contribution in [2.45, 2.75) is 6.54 Å². The number of halogens is 1. The van der Waals surface area contributed by atoms with Crippen molar-refractivity contribution < 1.29 is 0 Å². The van der Waals surface area contributed by atoms with Gasteiger partial charge in [-0.2, -0.15) is 0 Å². The van der Waals surface area contributed by atoms with Gasteiger partial charge >= 0.3 is 0 Å². The lowest BCUT2D eigenvalue weighted by molar-refractivity contribution is 0.627. The first-order valence-corrected chi connectivity index (χ1v) is 5.07. The molecule has 1 heterocycles. The third-order valence-electron chi connectivity index (χ3n) is 2.14. The molecule has 0 radical (unpaired) electrons. The monoisotopic (exact) mass is 236 g/mol. The van der Waals surface area contributed by atoms with Crippen molar-refractivity contribution >= 4 is 11.6 Å². The van der Waals surface area contributed by atoms with E-state index in [1.165, 1.54) is 16.8 Å². The Hall–Kier alpha value is -1.81. The summed E-state index contributed by atoms with van der Waals surface area (Å²) in [5.41, 5.74) is 0.358. The third-order valence-corrected chi connectivity index (χ3v) is 2.39. The Morgan fingerprint density at radius 3 is 2.44 bits per heavy atom. The van der Waals surface area contributed by atoms with Crippen LogP contribution in [-0.2, 0) is 6.54 Å². The second-order valence-electron chi connectivity index (χ2n) is 3.36. The predicted molar refractivity (Wildman–Crippen MR) is 61.9 cm³/mol. The van der Waals surface area contributed by atoms with Crippen LogP contribution in [0.4, 0.5) is 0 Å². The highest BCUT2D eigenvalue weighted by Gasteiger charge is 1.98. The zero-order chi connectivity index (χ0) is 11.5. The summed E-state index contributed by atoms with van der Waals surface area (Å²) in [4.78, 5) is 22.5. The van der Waals surface area contributed by atoms with E-state index in [1.807, 2.05) is 0 Å². The van der Waals surface area contributed by atoms with Gasteiger partial charge in [-0.15, -0.1) is 0 Å². The fourth-order valence-corrected chi connectivity index (χ4v) is 1.48. The highest BCUT2D eigenvalue weighted by Crippen LogP contribution is 2.09. The quantitative estimate of drug-likeness (QED) is 0.853. The van der Waals surface area contributed by atoms with Gasteiger partial charge in [0.25, 0.3) is 11.1 Å². The van der Waals surface area contributed by atoms with Crippen LogP contribution in [0.5, 0.6) is 0 Å². The van der Waals surface area contributed by atoms with Crippen molar-refractivity contribution in [1.82, 2.24) is 9.78 Å². The number of aromatic nitrogens is 2. The minimum Gasteiger partial charge on any atom is -0.268 e. The molecule has 0 unspecified atom stereocenters. The molecule has 1 aromatic carbocycles. The molecule has 0 fully saturated rings. The fourth-order valence-electron chi connectivity index (χ4n) is 1.35.